The first-order chi connectivity index (χ1) is 8.08. The van der Waals surface area contributed by atoms with Gasteiger partial charge in [0.25, 0.3) is 0 Å². The average Bonchev–Trinajstić information content (AvgIpc) is 2.83. The van der Waals surface area contributed by atoms with Crippen LogP contribution in [-0.2, 0) is 13.6 Å². The largest absolute Gasteiger partial charge is 0.313 e. The quantitative estimate of drug-likeness (QED) is 0.888. The van der Waals surface area contributed by atoms with Gasteiger partial charge in [-0.25, -0.2) is 0 Å². The lowest BCUT2D eigenvalue weighted by molar-refractivity contribution is 0.293. The van der Waals surface area contributed by atoms with Gasteiger partial charge in [-0.2, -0.15) is 5.10 Å². The molecular formula is C12H21ClN4. The molecule has 17 heavy (non-hydrogen) atoms. The van der Waals surface area contributed by atoms with E-state index >= 15 is 0 Å². The van der Waals surface area contributed by atoms with Gasteiger partial charge in [0.1, 0.15) is 5.15 Å². The van der Waals surface area contributed by atoms with Crippen LogP contribution in [0.1, 0.15) is 24.1 Å². The molecule has 1 saturated heterocycles. The Morgan fingerprint density at radius 3 is 2.88 bits per heavy atom. The molecule has 1 aromatic heterocycles. The Bertz CT molecular complexity index is 382. The molecule has 1 atom stereocenters. The van der Waals surface area contributed by atoms with Crippen LogP contribution in [0.4, 0.5) is 0 Å². The van der Waals surface area contributed by atoms with Crippen molar-refractivity contribution in [2.45, 2.75) is 32.4 Å². The Morgan fingerprint density at radius 2 is 2.35 bits per heavy atom. The van der Waals surface area contributed by atoms with Crippen molar-refractivity contribution in [2.75, 3.05) is 20.1 Å². The maximum atomic E-state index is 6.23. The van der Waals surface area contributed by atoms with Gasteiger partial charge in [-0.05, 0) is 33.4 Å². The van der Waals surface area contributed by atoms with Gasteiger partial charge >= 0.3 is 0 Å². The van der Waals surface area contributed by atoms with Crippen LogP contribution in [0.3, 0.4) is 0 Å². The zero-order chi connectivity index (χ0) is 12.4. The smallest absolute Gasteiger partial charge is 0.131 e. The molecule has 1 aliphatic rings. The van der Waals surface area contributed by atoms with Gasteiger partial charge in [0.2, 0.25) is 0 Å². The third-order valence-corrected chi connectivity index (χ3v) is 3.87. The number of likely N-dealkylation sites (N-methyl/N-ethyl adjacent to an activating group) is 1. The van der Waals surface area contributed by atoms with Crippen LogP contribution in [0.5, 0.6) is 0 Å². The van der Waals surface area contributed by atoms with E-state index in [4.69, 9.17) is 11.6 Å². The molecule has 0 bridgehead atoms. The second-order valence-corrected chi connectivity index (χ2v) is 5.33. The minimum Gasteiger partial charge on any atom is -0.313 e. The zero-order valence-electron chi connectivity index (χ0n) is 10.8. The van der Waals surface area contributed by atoms with E-state index in [1.807, 2.05) is 14.0 Å². The molecule has 0 aromatic carbocycles. The van der Waals surface area contributed by atoms with Gasteiger partial charge in [0.15, 0.2) is 0 Å². The van der Waals surface area contributed by atoms with Gasteiger partial charge in [-0.15, -0.1) is 0 Å². The monoisotopic (exact) mass is 256 g/mol. The number of nitrogens with one attached hydrogen (secondary N) is 1. The molecule has 2 rings (SSSR count). The Balaban J connectivity index is 1.95. The lowest BCUT2D eigenvalue weighted by Crippen LogP contribution is -2.35. The molecule has 1 aliphatic heterocycles. The predicted octanol–water partition coefficient (Wildman–Crippen LogP) is 1.57. The van der Waals surface area contributed by atoms with Crippen molar-refractivity contribution in [3.05, 3.63) is 16.4 Å². The van der Waals surface area contributed by atoms with Crippen molar-refractivity contribution >= 4 is 11.6 Å². The Morgan fingerprint density at radius 1 is 1.59 bits per heavy atom. The van der Waals surface area contributed by atoms with Crippen molar-refractivity contribution in [1.82, 2.24) is 20.0 Å². The molecule has 1 unspecified atom stereocenters. The van der Waals surface area contributed by atoms with E-state index in [-0.39, 0.29) is 0 Å². The molecule has 1 N–H and O–H groups in total. The van der Waals surface area contributed by atoms with Gasteiger partial charge in [0, 0.05) is 31.7 Å². The summed E-state index contributed by atoms with van der Waals surface area (Å²) < 4.78 is 1.74. The van der Waals surface area contributed by atoms with E-state index in [1.54, 1.807) is 4.68 Å². The third kappa shape index (κ3) is 3.00. The summed E-state index contributed by atoms with van der Waals surface area (Å²) in [6.07, 6.45) is 2.58. The van der Waals surface area contributed by atoms with E-state index in [1.165, 1.54) is 12.8 Å². The molecule has 96 valence electrons. The molecule has 0 amide bonds. The number of hydrogen-bond acceptors (Lipinski definition) is 3. The minimum atomic E-state index is 0.635. The first-order valence-electron chi connectivity index (χ1n) is 6.18. The standard InChI is InChI=1S/C12H21ClN4/c1-9-11(12(13)17(3)15-9)8-16(2)7-10-5-4-6-14-10/h10,14H,4-8H2,1-3H3. The fourth-order valence-electron chi connectivity index (χ4n) is 2.48. The summed E-state index contributed by atoms with van der Waals surface area (Å²) >= 11 is 6.23. The first kappa shape index (κ1) is 12.9. The molecule has 4 nitrogen and oxygen atoms in total. The van der Waals surface area contributed by atoms with Crippen molar-refractivity contribution in [2.24, 2.45) is 7.05 Å². The summed E-state index contributed by atoms with van der Waals surface area (Å²) in [5.41, 5.74) is 2.18. The molecule has 2 heterocycles. The number of hydrogen-bond donors (Lipinski definition) is 1. The lowest BCUT2D eigenvalue weighted by atomic mass is 10.2. The van der Waals surface area contributed by atoms with Crippen LogP contribution in [0.15, 0.2) is 0 Å². The summed E-state index contributed by atoms with van der Waals surface area (Å²) in [5, 5.41) is 8.61. The molecule has 1 aromatic rings. The molecule has 0 radical (unpaired) electrons. The fraction of sp³-hybridized carbons (Fsp3) is 0.750. The minimum absolute atomic E-state index is 0.635. The molecule has 0 aliphatic carbocycles. The Kier molecular flexibility index (Phi) is 4.07. The predicted molar refractivity (Wildman–Crippen MR) is 70.3 cm³/mol. The summed E-state index contributed by atoms with van der Waals surface area (Å²) in [7, 11) is 4.03. The van der Waals surface area contributed by atoms with Crippen LogP contribution in [0, 0.1) is 6.92 Å². The Hall–Kier alpha value is -0.580. The average molecular weight is 257 g/mol. The molecule has 0 saturated carbocycles. The number of aryl methyl sites for hydroxylation is 2. The van der Waals surface area contributed by atoms with Gasteiger partial charge in [0.05, 0.1) is 5.69 Å². The molecule has 5 heteroatoms. The molecule has 0 spiro atoms. The number of aromatic nitrogens is 2. The van der Waals surface area contributed by atoms with Crippen LogP contribution in [0.2, 0.25) is 5.15 Å². The normalized spacial score (nSPS) is 20.4. The van der Waals surface area contributed by atoms with Crippen molar-refractivity contribution < 1.29 is 0 Å². The van der Waals surface area contributed by atoms with Gasteiger partial charge < -0.3 is 10.2 Å². The van der Waals surface area contributed by atoms with Crippen LogP contribution in [0.25, 0.3) is 0 Å². The highest BCUT2D eigenvalue weighted by atomic mass is 35.5. The highest BCUT2D eigenvalue weighted by Crippen LogP contribution is 2.20. The van der Waals surface area contributed by atoms with Crippen molar-refractivity contribution in [3.8, 4) is 0 Å². The maximum Gasteiger partial charge on any atom is 0.131 e. The fourth-order valence-corrected chi connectivity index (χ4v) is 2.71. The third-order valence-electron chi connectivity index (χ3n) is 3.39. The van der Waals surface area contributed by atoms with Gasteiger partial charge in [-0.1, -0.05) is 11.6 Å². The maximum absolute atomic E-state index is 6.23. The van der Waals surface area contributed by atoms with Crippen molar-refractivity contribution in [3.63, 3.8) is 0 Å². The summed E-state index contributed by atoms with van der Waals surface area (Å²) in [5.74, 6) is 0. The summed E-state index contributed by atoms with van der Waals surface area (Å²) in [4.78, 5) is 2.32. The Labute approximate surface area is 108 Å². The molecular weight excluding hydrogens is 236 g/mol. The number of rotatable bonds is 4. The van der Waals surface area contributed by atoms with Crippen LogP contribution >= 0.6 is 11.6 Å². The van der Waals surface area contributed by atoms with Gasteiger partial charge in [-0.3, -0.25) is 4.68 Å². The number of halogens is 1. The van der Waals surface area contributed by atoms with E-state index in [2.05, 4.69) is 22.4 Å². The highest BCUT2D eigenvalue weighted by Gasteiger charge is 2.18. The first-order valence-corrected chi connectivity index (χ1v) is 6.55. The number of nitrogens with zero attached hydrogens (tertiary/aromatic N) is 3. The topological polar surface area (TPSA) is 33.1 Å². The lowest BCUT2D eigenvalue weighted by Gasteiger charge is -2.20. The second kappa shape index (κ2) is 5.38. The summed E-state index contributed by atoms with van der Waals surface area (Å²) in [6, 6.07) is 0.635. The SMILES string of the molecule is Cc1nn(C)c(Cl)c1CN(C)CC1CCCN1. The van der Waals surface area contributed by atoms with Crippen molar-refractivity contribution in [1.29, 1.82) is 0 Å². The van der Waals surface area contributed by atoms with Crippen LogP contribution in [-0.4, -0.2) is 40.9 Å². The van der Waals surface area contributed by atoms with E-state index < -0.39 is 0 Å². The van der Waals surface area contributed by atoms with E-state index in [9.17, 15) is 0 Å². The molecule has 1 fully saturated rings. The van der Waals surface area contributed by atoms with Crippen LogP contribution < -0.4 is 5.32 Å². The zero-order valence-corrected chi connectivity index (χ0v) is 11.6. The highest BCUT2D eigenvalue weighted by molar-refractivity contribution is 6.30. The second-order valence-electron chi connectivity index (χ2n) is 4.97. The van der Waals surface area contributed by atoms with E-state index in [0.29, 0.717) is 6.04 Å². The van der Waals surface area contributed by atoms with E-state index in [0.717, 1.165) is 36.0 Å². The summed E-state index contributed by atoms with van der Waals surface area (Å²) in [6.45, 7) is 5.12.